The van der Waals surface area contributed by atoms with E-state index >= 15 is 0 Å². The molecule has 0 radical (unpaired) electrons. The van der Waals surface area contributed by atoms with Crippen LogP contribution < -0.4 is 15.0 Å². The average Bonchev–Trinajstić information content (AvgIpc) is 3.32. The quantitative estimate of drug-likeness (QED) is 0.452. The smallest absolute Gasteiger partial charge is 0.406 e. The van der Waals surface area contributed by atoms with Crippen LogP contribution in [0, 0.1) is 0 Å². The Kier molecular flexibility index (Phi) is 6.94. The highest BCUT2D eigenvalue weighted by atomic mass is 19.4. The van der Waals surface area contributed by atoms with Crippen LogP contribution in [0.3, 0.4) is 0 Å². The first kappa shape index (κ1) is 24.3. The molecule has 0 unspecified atom stereocenters. The van der Waals surface area contributed by atoms with Crippen molar-refractivity contribution in [2.45, 2.75) is 57.5 Å². The van der Waals surface area contributed by atoms with Crippen LogP contribution in [0.15, 0.2) is 60.8 Å². The zero-order valence-corrected chi connectivity index (χ0v) is 20.1. The number of hydrogen-bond donors (Lipinski definition) is 1. The van der Waals surface area contributed by atoms with Gasteiger partial charge in [0.2, 0.25) is 0 Å². The number of fused-ring (bicyclic) bond motifs is 1. The molecule has 0 bridgehead atoms. The maximum absolute atomic E-state index is 12.6. The summed E-state index contributed by atoms with van der Waals surface area (Å²) in [6.07, 6.45) is 2.54. The number of rotatable bonds is 6. The first-order chi connectivity index (χ1) is 17.3. The molecule has 0 spiro atoms. The lowest BCUT2D eigenvalue weighted by molar-refractivity contribution is -0.274. The second kappa shape index (κ2) is 10.3. The predicted octanol–water partition coefficient (Wildman–Crippen LogP) is 6.04. The molecule has 1 amide bonds. The van der Waals surface area contributed by atoms with Crippen molar-refractivity contribution < 1.29 is 22.7 Å². The fourth-order valence-electron chi connectivity index (χ4n) is 5.21. The number of anilines is 1. The second-order valence-electron chi connectivity index (χ2n) is 9.60. The molecule has 190 valence electrons. The molecule has 0 saturated carbocycles. The normalized spacial score (nSPS) is 16.5. The molecule has 1 N–H and O–H groups in total. The number of piperidine rings is 1. The average molecular weight is 498 g/mol. The maximum Gasteiger partial charge on any atom is 0.573 e. The van der Waals surface area contributed by atoms with Gasteiger partial charge in [0.1, 0.15) is 5.75 Å². The Morgan fingerprint density at radius 3 is 2.36 bits per heavy atom. The molecular formula is C28H30F3N3O2. The molecule has 3 aromatic rings. The van der Waals surface area contributed by atoms with E-state index in [1.54, 1.807) is 12.1 Å². The summed E-state index contributed by atoms with van der Waals surface area (Å²) in [5, 5.41) is 3.03. The summed E-state index contributed by atoms with van der Waals surface area (Å²) in [4.78, 5) is 14.9. The van der Waals surface area contributed by atoms with Gasteiger partial charge in [-0.1, -0.05) is 24.3 Å². The van der Waals surface area contributed by atoms with E-state index in [2.05, 4.69) is 31.7 Å². The summed E-state index contributed by atoms with van der Waals surface area (Å²) in [5.41, 5.74) is 5.20. The van der Waals surface area contributed by atoms with E-state index in [0.29, 0.717) is 12.5 Å². The van der Waals surface area contributed by atoms with E-state index in [4.69, 9.17) is 0 Å². The number of ether oxygens (including phenoxy) is 1. The minimum Gasteiger partial charge on any atom is -0.406 e. The number of nitrogens with zero attached hydrogens (tertiary/aromatic N) is 2. The van der Waals surface area contributed by atoms with E-state index in [-0.39, 0.29) is 11.7 Å². The van der Waals surface area contributed by atoms with Crippen molar-refractivity contribution in [3.8, 4) is 5.75 Å². The predicted molar refractivity (Wildman–Crippen MR) is 132 cm³/mol. The number of carbonyl (C=O) groups is 1. The number of aromatic nitrogens is 1. The number of hydrogen-bond acceptors (Lipinski definition) is 3. The number of nitrogens with one attached hydrogen (secondary N) is 1. The topological polar surface area (TPSA) is 46.5 Å². The molecule has 1 saturated heterocycles. The number of amides is 1. The van der Waals surface area contributed by atoms with Gasteiger partial charge in [0.25, 0.3) is 5.91 Å². The summed E-state index contributed by atoms with van der Waals surface area (Å²) in [6.45, 7) is 3.22. The van der Waals surface area contributed by atoms with Gasteiger partial charge in [-0.25, -0.2) is 0 Å². The molecule has 36 heavy (non-hydrogen) atoms. The number of carbonyl (C=O) groups excluding carboxylic acids is 1. The van der Waals surface area contributed by atoms with Crippen LogP contribution in [0.5, 0.6) is 5.75 Å². The molecule has 2 aliphatic rings. The van der Waals surface area contributed by atoms with E-state index in [1.165, 1.54) is 30.7 Å². The third-order valence-corrected chi connectivity index (χ3v) is 7.16. The molecule has 3 heterocycles. The Morgan fingerprint density at radius 1 is 0.972 bits per heavy atom. The van der Waals surface area contributed by atoms with Crippen molar-refractivity contribution >= 4 is 11.6 Å². The molecule has 5 nitrogen and oxygen atoms in total. The molecule has 1 fully saturated rings. The molecule has 0 aliphatic carbocycles. The number of benzene rings is 2. The summed E-state index contributed by atoms with van der Waals surface area (Å²) in [5.74, 6) is 0.0875. The van der Waals surface area contributed by atoms with Crippen molar-refractivity contribution in [2.75, 3.05) is 18.0 Å². The summed E-state index contributed by atoms with van der Waals surface area (Å²) in [7, 11) is 0. The second-order valence-corrected chi connectivity index (χ2v) is 9.60. The van der Waals surface area contributed by atoms with Crippen molar-refractivity contribution in [1.29, 1.82) is 0 Å². The van der Waals surface area contributed by atoms with Gasteiger partial charge in [0.05, 0.1) is 5.56 Å². The molecule has 2 aliphatic heterocycles. The van der Waals surface area contributed by atoms with Gasteiger partial charge in [-0.15, -0.1) is 13.2 Å². The Balaban J connectivity index is 1.10. The first-order valence-electron chi connectivity index (χ1n) is 12.5. The molecule has 2 aromatic carbocycles. The van der Waals surface area contributed by atoms with Crippen molar-refractivity contribution in [2.24, 2.45) is 0 Å². The third-order valence-electron chi connectivity index (χ3n) is 7.16. The van der Waals surface area contributed by atoms with Crippen LogP contribution in [0.25, 0.3) is 0 Å². The Hall–Kier alpha value is -3.42. The van der Waals surface area contributed by atoms with Gasteiger partial charge < -0.3 is 19.5 Å². The zero-order chi connectivity index (χ0) is 25.1. The van der Waals surface area contributed by atoms with E-state index in [0.717, 1.165) is 61.3 Å². The van der Waals surface area contributed by atoms with Gasteiger partial charge in [0.15, 0.2) is 0 Å². The fourth-order valence-corrected chi connectivity index (χ4v) is 5.21. The Bertz CT molecular complexity index is 1150. The molecule has 8 heteroatoms. The molecule has 5 rings (SSSR count). The van der Waals surface area contributed by atoms with Crippen molar-refractivity contribution in [1.82, 2.24) is 9.88 Å². The molecule has 0 atom stereocenters. The maximum atomic E-state index is 12.6. The zero-order valence-electron chi connectivity index (χ0n) is 20.1. The van der Waals surface area contributed by atoms with E-state index < -0.39 is 6.36 Å². The number of aryl methyl sites for hydroxylation is 2. The highest BCUT2D eigenvalue weighted by molar-refractivity contribution is 5.94. The van der Waals surface area contributed by atoms with Gasteiger partial charge in [-0.05, 0) is 79.5 Å². The monoisotopic (exact) mass is 497 g/mol. The standard InChI is InChI=1S/C28H30F3N3O2/c29-28(30,31)36-26-10-6-21(7-11-26)22-12-15-33(16-13-22)24-8-4-20(5-9-24)18-32-27(35)23-17-25-3-1-2-14-34(25)19-23/h4-11,17,19,22H,1-3,12-16,18H2,(H,32,35). The van der Waals surface area contributed by atoms with Gasteiger partial charge >= 0.3 is 6.36 Å². The van der Waals surface area contributed by atoms with Crippen LogP contribution in [0.4, 0.5) is 18.9 Å². The van der Waals surface area contributed by atoms with Crippen LogP contribution in [-0.4, -0.2) is 29.9 Å². The summed E-state index contributed by atoms with van der Waals surface area (Å²) in [6, 6.07) is 16.5. The highest BCUT2D eigenvalue weighted by Gasteiger charge is 2.31. The molecular weight excluding hydrogens is 467 g/mol. The summed E-state index contributed by atoms with van der Waals surface area (Å²) < 4.78 is 43.3. The summed E-state index contributed by atoms with van der Waals surface area (Å²) >= 11 is 0. The molecule has 1 aromatic heterocycles. The van der Waals surface area contributed by atoms with E-state index in [1.807, 2.05) is 24.4 Å². The van der Waals surface area contributed by atoms with Gasteiger partial charge in [0, 0.05) is 43.8 Å². The van der Waals surface area contributed by atoms with E-state index in [9.17, 15) is 18.0 Å². The Labute approximate surface area is 208 Å². The lowest BCUT2D eigenvalue weighted by Crippen LogP contribution is -2.32. The van der Waals surface area contributed by atoms with Gasteiger partial charge in [-0.2, -0.15) is 0 Å². The minimum atomic E-state index is -4.67. The van der Waals surface area contributed by atoms with Crippen LogP contribution in [-0.2, 0) is 19.5 Å². The highest BCUT2D eigenvalue weighted by Crippen LogP contribution is 2.32. The fraction of sp³-hybridized carbons (Fsp3) is 0.393. The lowest BCUT2D eigenvalue weighted by atomic mass is 9.89. The van der Waals surface area contributed by atoms with Crippen LogP contribution in [0.2, 0.25) is 0 Å². The Morgan fingerprint density at radius 2 is 1.69 bits per heavy atom. The number of alkyl halides is 3. The number of halogens is 3. The largest absolute Gasteiger partial charge is 0.573 e. The lowest BCUT2D eigenvalue weighted by Gasteiger charge is -2.34. The van der Waals surface area contributed by atoms with Crippen LogP contribution >= 0.6 is 0 Å². The first-order valence-corrected chi connectivity index (χ1v) is 12.5. The SMILES string of the molecule is O=C(NCc1ccc(N2CCC(c3ccc(OC(F)(F)F)cc3)CC2)cc1)c1cc2n(c1)CCCC2. The third kappa shape index (κ3) is 5.86. The van der Waals surface area contributed by atoms with Gasteiger partial charge in [-0.3, -0.25) is 4.79 Å². The minimum absolute atomic E-state index is 0.0407. The van der Waals surface area contributed by atoms with Crippen LogP contribution in [0.1, 0.15) is 58.8 Å². The van der Waals surface area contributed by atoms with Crippen molar-refractivity contribution in [3.63, 3.8) is 0 Å². The van der Waals surface area contributed by atoms with Crippen molar-refractivity contribution in [3.05, 3.63) is 83.2 Å².